The lowest BCUT2D eigenvalue weighted by molar-refractivity contribution is 0.456. The molecule has 3 heteroatoms. The molecule has 0 saturated heterocycles. The summed E-state index contributed by atoms with van der Waals surface area (Å²) in [5.74, 6) is 0.484. The van der Waals surface area contributed by atoms with Gasteiger partial charge in [0.05, 0.1) is 0 Å². The zero-order valence-corrected chi connectivity index (χ0v) is 11.0. The topological polar surface area (TPSA) is 37.3 Å². The minimum Gasteiger partial charge on any atom is -0.156 e. The maximum atomic E-state index is 11.4. The standard InChI is InChI=1S/C14H19O2P/c15-17(16)14-11-7-6-10-13(14)12-8-4-2-1-3-5-9-12/h6-7,10-12H,1-5,8-9H2/p+1. The number of hydrogen-bond donors (Lipinski definition) is 1. The van der Waals surface area contributed by atoms with Crippen LogP contribution in [0.15, 0.2) is 24.3 Å². The summed E-state index contributed by atoms with van der Waals surface area (Å²) >= 11 is 0. The molecule has 2 nitrogen and oxygen atoms in total. The van der Waals surface area contributed by atoms with Gasteiger partial charge in [-0.15, -0.1) is 0 Å². The molecule has 1 N–H and O–H groups in total. The van der Waals surface area contributed by atoms with Gasteiger partial charge in [-0.05, 0) is 29.4 Å². The Morgan fingerprint density at radius 3 is 2.24 bits per heavy atom. The van der Waals surface area contributed by atoms with Crippen LogP contribution in [0.2, 0.25) is 0 Å². The van der Waals surface area contributed by atoms with E-state index in [2.05, 4.69) is 0 Å². The molecule has 0 radical (unpaired) electrons. The molecule has 17 heavy (non-hydrogen) atoms. The van der Waals surface area contributed by atoms with E-state index in [0.29, 0.717) is 11.2 Å². The predicted molar refractivity (Wildman–Crippen MR) is 71.0 cm³/mol. The van der Waals surface area contributed by atoms with Gasteiger partial charge in [-0.2, -0.15) is 4.89 Å². The molecule has 0 bridgehead atoms. The van der Waals surface area contributed by atoms with Crippen LogP contribution in [0.1, 0.15) is 56.4 Å². The van der Waals surface area contributed by atoms with Crippen molar-refractivity contribution >= 4 is 13.3 Å². The van der Waals surface area contributed by atoms with Gasteiger partial charge < -0.3 is 0 Å². The summed E-state index contributed by atoms with van der Waals surface area (Å²) in [6, 6.07) is 7.67. The fourth-order valence-corrected chi connectivity index (χ4v) is 3.47. The Morgan fingerprint density at radius 1 is 1.00 bits per heavy atom. The maximum absolute atomic E-state index is 11.4. The highest BCUT2D eigenvalue weighted by Crippen LogP contribution is 2.32. The van der Waals surface area contributed by atoms with E-state index in [1.807, 2.05) is 18.2 Å². The number of rotatable bonds is 2. The van der Waals surface area contributed by atoms with Crippen LogP contribution < -0.4 is 5.30 Å². The average molecular weight is 251 g/mol. The Hall–Kier alpha value is -0.720. The lowest BCUT2D eigenvalue weighted by Crippen LogP contribution is -2.12. The molecule has 1 atom stereocenters. The molecule has 92 valence electrons. The van der Waals surface area contributed by atoms with E-state index in [4.69, 9.17) is 0 Å². The van der Waals surface area contributed by atoms with E-state index >= 15 is 0 Å². The van der Waals surface area contributed by atoms with Crippen molar-refractivity contribution in [2.24, 2.45) is 0 Å². The van der Waals surface area contributed by atoms with Crippen LogP contribution in [0.25, 0.3) is 0 Å². The number of hydrogen-bond acceptors (Lipinski definition) is 1. The molecule has 0 aromatic heterocycles. The van der Waals surface area contributed by atoms with Gasteiger partial charge in [-0.3, -0.25) is 0 Å². The molecule has 1 aromatic rings. The highest BCUT2D eigenvalue weighted by Gasteiger charge is 2.26. The third kappa shape index (κ3) is 3.37. The molecule has 1 aliphatic rings. The van der Waals surface area contributed by atoms with Crippen molar-refractivity contribution in [2.45, 2.75) is 50.9 Å². The second-order valence-electron chi connectivity index (χ2n) is 4.87. The zero-order valence-electron chi connectivity index (χ0n) is 10.1. The molecule has 0 spiro atoms. The summed E-state index contributed by atoms with van der Waals surface area (Å²) in [4.78, 5) is 9.37. The van der Waals surface area contributed by atoms with Gasteiger partial charge in [0.25, 0.3) is 0 Å². The van der Waals surface area contributed by atoms with Crippen molar-refractivity contribution in [3.63, 3.8) is 0 Å². The Labute approximate surface area is 104 Å². The molecule has 0 heterocycles. The Kier molecular flexibility index (Phi) is 4.70. The van der Waals surface area contributed by atoms with Crippen molar-refractivity contribution in [3.05, 3.63) is 29.8 Å². The Morgan fingerprint density at radius 2 is 1.59 bits per heavy atom. The molecule has 2 rings (SSSR count). The fourth-order valence-electron chi connectivity index (χ4n) is 2.77. The lowest BCUT2D eigenvalue weighted by atomic mass is 9.86. The molecule has 1 aliphatic carbocycles. The van der Waals surface area contributed by atoms with E-state index in [1.54, 1.807) is 6.07 Å². The second kappa shape index (κ2) is 6.28. The zero-order chi connectivity index (χ0) is 12.1. The van der Waals surface area contributed by atoms with E-state index in [-0.39, 0.29) is 0 Å². The van der Waals surface area contributed by atoms with E-state index < -0.39 is 8.03 Å². The van der Waals surface area contributed by atoms with Gasteiger partial charge in [0.1, 0.15) is 0 Å². The van der Waals surface area contributed by atoms with Crippen LogP contribution in [0.4, 0.5) is 0 Å². The van der Waals surface area contributed by atoms with Gasteiger partial charge in [0, 0.05) is 5.56 Å². The maximum Gasteiger partial charge on any atom is 0.546 e. The van der Waals surface area contributed by atoms with Gasteiger partial charge >= 0.3 is 8.03 Å². The Bertz CT molecular complexity index is 382. The van der Waals surface area contributed by atoms with Crippen molar-refractivity contribution in [2.75, 3.05) is 0 Å². The van der Waals surface area contributed by atoms with E-state index in [1.165, 1.54) is 44.9 Å². The number of benzene rings is 1. The SMILES string of the molecule is O=[P+](O)c1ccccc1C1CCCCCCC1. The largest absolute Gasteiger partial charge is 0.546 e. The average Bonchev–Trinajstić information content (AvgIpc) is 2.28. The molecular weight excluding hydrogens is 231 g/mol. The summed E-state index contributed by atoms with van der Waals surface area (Å²) in [6.45, 7) is 0. The third-order valence-corrected chi connectivity index (χ3v) is 4.51. The predicted octanol–water partition coefficient (Wildman–Crippen LogP) is 3.87. The first-order chi connectivity index (χ1) is 8.29. The molecule has 0 amide bonds. The van der Waals surface area contributed by atoms with Gasteiger partial charge in [0.15, 0.2) is 0 Å². The van der Waals surface area contributed by atoms with Crippen molar-refractivity contribution < 1.29 is 9.46 Å². The first-order valence-corrected chi connectivity index (χ1v) is 7.75. The van der Waals surface area contributed by atoms with Gasteiger partial charge in [-0.1, -0.05) is 50.3 Å². The molecule has 1 fully saturated rings. The van der Waals surface area contributed by atoms with Crippen molar-refractivity contribution in [3.8, 4) is 0 Å². The lowest BCUT2D eigenvalue weighted by Gasteiger charge is -2.19. The minimum absolute atomic E-state index is 0.484. The van der Waals surface area contributed by atoms with Crippen LogP contribution in [0.5, 0.6) is 0 Å². The smallest absolute Gasteiger partial charge is 0.156 e. The summed E-state index contributed by atoms with van der Waals surface area (Å²) < 4.78 is 11.4. The first kappa shape index (κ1) is 12.7. The molecule has 1 saturated carbocycles. The highest BCUT2D eigenvalue weighted by atomic mass is 31.1. The van der Waals surface area contributed by atoms with E-state index in [0.717, 1.165) is 5.56 Å². The summed E-state index contributed by atoms with van der Waals surface area (Å²) in [5.41, 5.74) is 1.11. The highest BCUT2D eigenvalue weighted by molar-refractivity contribution is 7.47. The molecule has 1 aromatic carbocycles. The quantitative estimate of drug-likeness (QED) is 0.810. The van der Waals surface area contributed by atoms with E-state index in [9.17, 15) is 9.46 Å². The van der Waals surface area contributed by atoms with Crippen LogP contribution in [-0.2, 0) is 4.57 Å². The molecular formula is C14H20O2P+. The summed E-state index contributed by atoms with van der Waals surface area (Å²) in [5, 5.41) is 0.646. The van der Waals surface area contributed by atoms with Crippen LogP contribution >= 0.6 is 8.03 Å². The minimum atomic E-state index is -2.21. The fraction of sp³-hybridized carbons (Fsp3) is 0.571. The van der Waals surface area contributed by atoms with Crippen LogP contribution in [-0.4, -0.2) is 4.89 Å². The van der Waals surface area contributed by atoms with Crippen LogP contribution in [0, 0.1) is 0 Å². The summed E-state index contributed by atoms with van der Waals surface area (Å²) in [6.07, 6.45) is 8.80. The van der Waals surface area contributed by atoms with Crippen molar-refractivity contribution in [1.82, 2.24) is 0 Å². The Balaban J connectivity index is 2.21. The monoisotopic (exact) mass is 251 g/mol. The van der Waals surface area contributed by atoms with Crippen molar-refractivity contribution in [1.29, 1.82) is 0 Å². The van der Waals surface area contributed by atoms with Crippen LogP contribution in [0.3, 0.4) is 0 Å². The second-order valence-corrected chi connectivity index (χ2v) is 5.90. The van der Waals surface area contributed by atoms with Gasteiger partial charge in [0.2, 0.25) is 5.30 Å². The molecule has 0 aliphatic heterocycles. The third-order valence-electron chi connectivity index (χ3n) is 3.69. The molecule has 1 unspecified atom stereocenters. The normalized spacial score (nSPS) is 19.5. The summed E-state index contributed by atoms with van der Waals surface area (Å²) in [7, 11) is -2.21. The van der Waals surface area contributed by atoms with Gasteiger partial charge in [-0.25, -0.2) is 0 Å². The first-order valence-electron chi connectivity index (χ1n) is 6.54.